The van der Waals surface area contributed by atoms with Crippen LogP contribution in [0.5, 0.6) is 0 Å². The van der Waals surface area contributed by atoms with E-state index in [0.717, 1.165) is 5.56 Å². The quantitative estimate of drug-likeness (QED) is 0.658. The van der Waals surface area contributed by atoms with Crippen molar-refractivity contribution in [1.29, 1.82) is 0 Å². The fourth-order valence-electron chi connectivity index (χ4n) is 0.678. The number of halogens is 1. The summed E-state index contributed by atoms with van der Waals surface area (Å²) in [4.78, 5) is 3.82. The molecule has 1 unspecified atom stereocenters. The second kappa shape index (κ2) is 3.54. The largest absolute Gasteiger partial charge is 0.394 e. The average molecular weight is 158 g/mol. The third-order valence-electron chi connectivity index (χ3n) is 1.23. The number of rotatable bonds is 2. The lowest BCUT2D eigenvalue weighted by atomic mass is 10.2. The number of nitrogens with zero attached hydrogens (tertiary/aromatic N) is 1. The summed E-state index contributed by atoms with van der Waals surface area (Å²) in [5.74, 6) is 0. The lowest BCUT2D eigenvalue weighted by molar-refractivity contribution is 0.294. The third-order valence-corrected chi connectivity index (χ3v) is 1.62. The van der Waals surface area contributed by atoms with E-state index in [0.29, 0.717) is 0 Å². The van der Waals surface area contributed by atoms with E-state index in [1.54, 1.807) is 24.5 Å². The first kappa shape index (κ1) is 7.51. The van der Waals surface area contributed by atoms with Gasteiger partial charge in [0.15, 0.2) is 0 Å². The van der Waals surface area contributed by atoms with Gasteiger partial charge in [0.2, 0.25) is 0 Å². The molecule has 0 spiro atoms. The maximum atomic E-state index is 8.64. The molecule has 0 fully saturated rings. The summed E-state index contributed by atoms with van der Waals surface area (Å²) < 4.78 is 0. The van der Waals surface area contributed by atoms with Crippen molar-refractivity contribution in [1.82, 2.24) is 4.98 Å². The van der Waals surface area contributed by atoms with Crippen molar-refractivity contribution in [3.05, 3.63) is 30.1 Å². The molecule has 54 valence electrons. The minimum atomic E-state index is -0.303. The van der Waals surface area contributed by atoms with E-state index in [9.17, 15) is 0 Å². The number of pyridine rings is 1. The second-order valence-electron chi connectivity index (χ2n) is 1.93. The van der Waals surface area contributed by atoms with Gasteiger partial charge in [-0.1, -0.05) is 0 Å². The number of aliphatic hydroxyl groups is 1. The number of hydrogen-bond acceptors (Lipinski definition) is 2. The highest BCUT2D eigenvalue weighted by Crippen LogP contribution is 2.17. The van der Waals surface area contributed by atoms with Crippen LogP contribution in [-0.4, -0.2) is 16.7 Å². The Morgan fingerprint density at radius 2 is 2.10 bits per heavy atom. The minimum absolute atomic E-state index is 0.0361. The van der Waals surface area contributed by atoms with E-state index in [4.69, 9.17) is 16.7 Å². The summed E-state index contributed by atoms with van der Waals surface area (Å²) in [7, 11) is 0. The summed E-state index contributed by atoms with van der Waals surface area (Å²) >= 11 is 5.71. The van der Waals surface area contributed by atoms with Crippen LogP contribution in [0, 0.1) is 0 Å². The molecule has 2 nitrogen and oxygen atoms in total. The van der Waals surface area contributed by atoms with Crippen LogP contribution >= 0.6 is 11.6 Å². The van der Waals surface area contributed by atoms with Gasteiger partial charge in [0.1, 0.15) is 0 Å². The van der Waals surface area contributed by atoms with Crippen molar-refractivity contribution in [2.24, 2.45) is 0 Å². The SMILES string of the molecule is OCC(Cl)c1ccncc1. The van der Waals surface area contributed by atoms with Crippen LogP contribution in [0.1, 0.15) is 10.9 Å². The van der Waals surface area contributed by atoms with Gasteiger partial charge in [0, 0.05) is 12.4 Å². The highest BCUT2D eigenvalue weighted by molar-refractivity contribution is 6.20. The fourth-order valence-corrected chi connectivity index (χ4v) is 0.823. The molecule has 1 heterocycles. The van der Waals surface area contributed by atoms with Crippen molar-refractivity contribution >= 4 is 11.6 Å². The molecule has 0 saturated carbocycles. The maximum absolute atomic E-state index is 8.64. The molecule has 0 saturated heterocycles. The number of aliphatic hydroxyl groups excluding tert-OH is 1. The van der Waals surface area contributed by atoms with E-state index in [2.05, 4.69) is 4.98 Å². The van der Waals surface area contributed by atoms with Crippen molar-refractivity contribution in [2.45, 2.75) is 5.38 Å². The van der Waals surface area contributed by atoms with Gasteiger partial charge in [0.05, 0.1) is 12.0 Å². The zero-order valence-electron chi connectivity index (χ0n) is 5.37. The lowest BCUT2D eigenvalue weighted by Crippen LogP contribution is -1.94. The Kier molecular flexibility index (Phi) is 2.66. The topological polar surface area (TPSA) is 33.1 Å². The molecular weight excluding hydrogens is 150 g/mol. The first-order valence-electron chi connectivity index (χ1n) is 2.99. The summed E-state index contributed by atoms with van der Waals surface area (Å²) in [6.45, 7) is -0.0361. The molecule has 0 aliphatic carbocycles. The first-order chi connectivity index (χ1) is 4.84. The molecule has 1 rings (SSSR count). The fraction of sp³-hybridized carbons (Fsp3) is 0.286. The van der Waals surface area contributed by atoms with Gasteiger partial charge in [-0.25, -0.2) is 0 Å². The minimum Gasteiger partial charge on any atom is -0.394 e. The maximum Gasteiger partial charge on any atom is 0.0817 e. The van der Waals surface area contributed by atoms with Crippen LogP contribution < -0.4 is 0 Å². The zero-order chi connectivity index (χ0) is 7.40. The Hall–Kier alpha value is -0.600. The molecule has 0 amide bonds. The predicted molar refractivity (Wildman–Crippen MR) is 39.9 cm³/mol. The predicted octanol–water partition coefficient (Wildman–Crippen LogP) is 1.35. The van der Waals surface area contributed by atoms with Gasteiger partial charge in [-0.3, -0.25) is 4.98 Å². The normalized spacial score (nSPS) is 13.0. The molecule has 0 bridgehead atoms. The van der Waals surface area contributed by atoms with E-state index in [-0.39, 0.29) is 12.0 Å². The molecule has 0 aromatic carbocycles. The average Bonchev–Trinajstić information content (AvgIpc) is 2.05. The Morgan fingerprint density at radius 1 is 1.50 bits per heavy atom. The highest BCUT2D eigenvalue weighted by atomic mass is 35.5. The molecule has 1 aromatic rings. The summed E-state index contributed by atoms with van der Waals surface area (Å²) in [6, 6.07) is 3.57. The standard InChI is InChI=1S/C7H8ClNO/c8-7(5-10)6-1-3-9-4-2-6/h1-4,7,10H,5H2. The molecule has 0 radical (unpaired) electrons. The molecule has 0 aliphatic rings. The van der Waals surface area contributed by atoms with Crippen molar-refractivity contribution in [3.63, 3.8) is 0 Å². The summed E-state index contributed by atoms with van der Waals surface area (Å²) in [6.07, 6.45) is 3.31. The van der Waals surface area contributed by atoms with E-state index < -0.39 is 0 Å². The highest BCUT2D eigenvalue weighted by Gasteiger charge is 2.03. The number of alkyl halides is 1. The van der Waals surface area contributed by atoms with Crippen molar-refractivity contribution < 1.29 is 5.11 Å². The molecular formula is C7H8ClNO. The Bertz CT molecular complexity index is 190. The van der Waals surface area contributed by atoms with E-state index >= 15 is 0 Å². The van der Waals surface area contributed by atoms with Gasteiger partial charge in [-0.05, 0) is 17.7 Å². The Morgan fingerprint density at radius 3 is 2.60 bits per heavy atom. The van der Waals surface area contributed by atoms with Crippen molar-refractivity contribution in [2.75, 3.05) is 6.61 Å². The van der Waals surface area contributed by atoms with Gasteiger partial charge in [-0.15, -0.1) is 11.6 Å². The molecule has 3 heteroatoms. The van der Waals surface area contributed by atoms with Crippen LogP contribution in [0.15, 0.2) is 24.5 Å². The monoisotopic (exact) mass is 157 g/mol. The molecule has 1 atom stereocenters. The third kappa shape index (κ3) is 1.69. The molecule has 10 heavy (non-hydrogen) atoms. The van der Waals surface area contributed by atoms with Gasteiger partial charge in [0.25, 0.3) is 0 Å². The smallest absolute Gasteiger partial charge is 0.0817 e. The summed E-state index contributed by atoms with van der Waals surface area (Å²) in [5, 5.41) is 8.33. The summed E-state index contributed by atoms with van der Waals surface area (Å²) in [5.41, 5.74) is 0.902. The van der Waals surface area contributed by atoms with Crippen LogP contribution in [0.2, 0.25) is 0 Å². The first-order valence-corrected chi connectivity index (χ1v) is 3.43. The molecule has 1 N–H and O–H groups in total. The van der Waals surface area contributed by atoms with Crippen LogP contribution in [-0.2, 0) is 0 Å². The van der Waals surface area contributed by atoms with E-state index in [1.807, 2.05) is 0 Å². The van der Waals surface area contributed by atoms with Crippen LogP contribution in [0.3, 0.4) is 0 Å². The Labute approximate surface area is 64.5 Å². The van der Waals surface area contributed by atoms with Gasteiger partial charge < -0.3 is 5.11 Å². The van der Waals surface area contributed by atoms with Crippen LogP contribution in [0.25, 0.3) is 0 Å². The zero-order valence-corrected chi connectivity index (χ0v) is 6.12. The number of hydrogen-bond donors (Lipinski definition) is 1. The van der Waals surface area contributed by atoms with Gasteiger partial charge in [-0.2, -0.15) is 0 Å². The number of aromatic nitrogens is 1. The molecule has 1 aromatic heterocycles. The van der Waals surface area contributed by atoms with Crippen LogP contribution in [0.4, 0.5) is 0 Å². The van der Waals surface area contributed by atoms with Gasteiger partial charge >= 0.3 is 0 Å². The lowest BCUT2D eigenvalue weighted by Gasteiger charge is -2.03. The van der Waals surface area contributed by atoms with Crippen molar-refractivity contribution in [3.8, 4) is 0 Å². The Balaban J connectivity index is 2.75. The molecule has 0 aliphatic heterocycles. The second-order valence-corrected chi connectivity index (χ2v) is 2.46. The van der Waals surface area contributed by atoms with E-state index in [1.165, 1.54) is 0 Å².